The van der Waals surface area contributed by atoms with Crippen LogP contribution in [-0.2, 0) is 4.79 Å². The van der Waals surface area contributed by atoms with E-state index in [0.717, 1.165) is 0 Å². The second-order valence-corrected chi connectivity index (χ2v) is 3.56. The zero-order valence-corrected chi connectivity index (χ0v) is 7.14. The quantitative estimate of drug-likeness (QED) is 0.596. The van der Waals surface area contributed by atoms with Crippen molar-refractivity contribution in [3.63, 3.8) is 0 Å². The summed E-state index contributed by atoms with van der Waals surface area (Å²) in [7, 11) is 0. The van der Waals surface area contributed by atoms with E-state index in [-0.39, 0.29) is 0 Å². The third-order valence-corrected chi connectivity index (χ3v) is 2.60. The van der Waals surface area contributed by atoms with Gasteiger partial charge in [0.2, 0.25) is 0 Å². The average molecular weight is 153 g/mol. The van der Waals surface area contributed by atoms with Gasteiger partial charge in [0.15, 0.2) is 6.29 Å². The first-order chi connectivity index (χ1) is 5.43. The summed E-state index contributed by atoms with van der Waals surface area (Å²) in [4.78, 5) is 10.1. The minimum absolute atomic E-state index is 0.660. The van der Waals surface area contributed by atoms with Gasteiger partial charge in [0.25, 0.3) is 0 Å². The van der Waals surface area contributed by atoms with Crippen LogP contribution < -0.4 is 0 Å². The van der Waals surface area contributed by atoms with Crippen molar-refractivity contribution in [2.75, 3.05) is 0 Å². The molecule has 11 heavy (non-hydrogen) atoms. The zero-order chi connectivity index (χ0) is 7.94. The molecule has 63 valence electrons. The Morgan fingerprint density at radius 3 is 2.09 bits per heavy atom. The second-order valence-electron chi connectivity index (χ2n) is 3.56. The topological polar surface area (TPSA) is 17.1 Å². The van der Waals surface area contributed by atoms with Crippen LogP contribution in [0.25, 0.3) is 0 Å². The standard InChI is InChI=1S/C10H17O/c11-9-8-10-6-4-2-1-3-5-7-10/h10H,1-8H2. The number of hydrogen-bond acceptors (Lipinski definition) is 1. The van der Waals surface area contributed by atoms with E-state index in [1.165, 1.54) is 44.9 Å². The van der Waals surface area contributed by atoms with Crippen molar-refractivity contribution < 1.29 is 4.79 Å². The molecule has 0 atom stereocenters. The van der Waals surface area contributed by atoms with E-state index >= 15 is 0 Å². The molecule has 0 bridgehead atoms. The number of rotatable bonds is 2. The monoisotopic (exact) mass is 153 g/mol. The Morgan fingerprint density at radius 2 is 1.55 bits per heavy atom. The molecule has 1 aliphatic rings. The van der Waals surface area contributed by atoms with E-state index in [9.17, 15) is 4.79 Å². The average Bonchev–Trinajstić information content (AvgIpc) is 1.94. The Balaban J connectivity index is 2.20. The van der Waals surface area contributed by atoms with Crippen molar-refractivity contribution in [3.05, 3.63) is 0 Å². The molecule has 0 spiro atoms. The lowest BCUT2D eigenvalue weighted by Gasteiger charge is -2.16. The predicted octanol–water partition coefficient (Wildman–Crippen LogP) is 2.85. The van der Waals surface area contributed by atoms with E-state index in [0.29, 0.717) is 12.3 Å². The smallest absolute Gasteiger partial charge is 0.198 e. The van der Waals surface area contributed by atoms with Gasteiger partial charge in [-0.3, -0.25) is 4.79 Å². The Morgan fingerprint density at radius 1 is 1.00 bits per heavy atom. The zero-order valence-electron chi connectivity index (χ0n) is 7.14. The molecule has 0 heterocycles. The van der Waals surface area contributed by atoms with E-state index in [1.807, 2.05) is 6.29 Å². The van der Waals surface area contributed by atoms with Gasteiger partial charge in [0, 0.05) is 6.42 Å². The molecule has 1 fully saturated rings. The fraction of sp³-hybridized carbons (Fsp3) is 0.900. The molecule has 1 rings (SSSR count). The molecule has 0 saturated heterocycles. The third kappa shape index (κ3) is 3.54. The summed E-state index contributed by atoms with van der Waals surface area (Å²) < 4.78 is 0. The molecule has 1 nitrogen and oxygen atoms in total. The summed E-state index contributed by atoms with van der Waals surface area (Å²) in [5.41, 5.74) is 0. The summed E-state index contributed by atoms with van der Waals surface area (Å²) in [6.07, 6.45) is 12.0. The molecule has 0 aliphatic heterocycles. The molecule has 0 amide bonds. The summed E-state index contributed by atoms with van der Waals surface area (Å²) in [5, 5.41) is 0. The highest BCUT2D eigenvalue weighted by atomic mass is 16.1. The summed E-state index contributed by atoms with van der Waals surface area (Å²) >= 11 is 0. The number of hydrogen-bond donors (Lipinski definition) is 0. The molecule has 0 N–H and O–H groups in total. The Bertz CT molecular complexity index is 101. The molecule has 1 aliphatic carbocycles. The maximum Gasteiger partial charge on any atom is 0.198 e. The van der Waals surface area contributed by atoms with Crippen LogP contribution in [0.5, 0.6) is 0 Å². The van der Waals surface area contributed by atoms with Crippen LogP contribution in [-0.4, -0.2) is 6.29 Å². The van der Waals surface area contributed by atoms with Gasteiger partial charge in [-0.1, -0.05) is 44.9 Å². The molecular weight excluding hydrogens is 136 g/mol. The van der Waals surface area contributed by atoms with Crippen LogP contribution in [0.1, 0.15) is 51.4 Å². The fourth-order valence-electron chi connectivity index (χ4n) is 1.86. The normalized spacial score (nSPS) is 22.2. The Labute approximate surface area is 69.2 Å². The molecule has 1 saturated carbocycles. The maximum atomic E-state index is 10.1. The highest BCUT2D eigenvalue weighted by molar-refractivity contribution is 5.50. The van der Waals surface area contributed by atoms with E-state index in [1.54, 1.807) is 0 Å². The van der Waals surface area contributed by atoms with Gasteiger partial charge in [-0.2, -0.15) is 0 Å². The lowest BCUT2D eigenvalue weighted by Crippen LogP contribution is -2.03. The van der Waals surface area contributed by atoms with Crippen molar-refractivity contribution in [1.82, 2.24) is 0 Å². The maximum absolute atomic E-state index is 10.1. The van der Waals surface area contributed by atoms with Crippen molar-refractivity contribution in [2.45, 2.75) is 51.4 Å². The van der Waals surface area contributed by atoms with Crippen LogP contribution in [0.15, 0.2) is 0 Å². The number of carbonyl (C=O) groups excluding carboxylic acids is 1. The Kier molecular flexibility index (Phi) is 4.25. The molecular formula is C10H17O. The highest BCUT2D eigenvalue weighted by Gasteiger charge is 2.10. The summed E-state index contributed by atoms with van der Waals surface area (Å²) in [5.74, 6) is 0.660. The van der Waals surface area contributed by atoms with Crippen LogP contribution in [0, 0.1) is 5.92 Å². The molecule has 0 aromatic heterocycles. The van der Waals surface area contributed by atoms with Crippen molar-refractivity contribution in [3.8, 4) is 0 Å². The van der Waals surface area contributed by atoms with Gasteiger partial charge >= 0.3 is 0 Å². The Hall–Kier alpha value is -0.330. The summed E-state index contributed by atoms with van der Waals surface area (Å²) in [6, 6.07) is 0. The first-order valence-corrected chi connectivity index (χ1v) is 4.78. The molecule has 1 radical (unpaired) electrons. The van der Waals surface area contributed by atoms with Gasteiger partial charge in [-0.25, -0.2) is 0 Å². The van der Waals surface area contributed by atoms with Gasteiger partial charge in [-0.05, 0) is 5.92 Å². The largest absolute Gasteiger partial charge is 0.291 e. The lowest BCUT2D eigenvalue weighted by molar-refractivity contribution is 0.381. The van der Waals surface area contributed by atoms with Crippen LogP contribution in [0.2, 0.25) is 0 Å². The van der Waals surface area contributed by atoms with E-state index in [4.69, 9.17) is 0 Å². The third-order valence-electron chi connectivity index (χ3n) is 2.60. The SMILES string of the molecule is O=[C]CC1CCCCCCC1. The van der Waals surface area contributed by atoms with Crippen LogP contribution in [0.4, 0.5) is 0 Å². The minimum Gasteiger partial charge on any atom is -0.291 e. The van der Waals surface area contributed by atoms with Crippen molar-refractivity contribution >= 4 is 6.29 Å². The van der Waals surface area contributed by atoms with E-state index in [2.05, 4.69) is 0 Å². The van der Waals surface area contributed by atoms with E-state index < -0.39 is 0 Å². The van der Waals surface area contributed by atoms with Crippen LogP contribution in [0.3, 0.4) is 0 Å². The first kappa shape index (κ1) is 8.76. The minimum atomic E-state index is 0.660. The second kappa shape index (κ2) is 5.34. The molecule has 0 aromatic carbocycles. The molecule has 0 aromatic rings. The highest BCUT2D eigenvalue weighted by Crippen LogP contribution is 2.23. The van der Waals surface area contributed by atoms with Gasteiger partial charge in [-0.15, -0.1) is 0 Å². The van der Waals surface area contributed by atoms with Crippen molar-refractivity contribution in [2.24, 2.45) is 5.92 Å². The predicted molar refractivity (Wildman–Crippen MR) is 46.1 cm³/mol. The van der Waals surface area contributed by atoms with Gasteiger partial charge in [0.05, 0.1) is 0 Å². The first-order valence-electron chi connectivity index (χ1n) is 4.78. The van der Waals surface area contributed by atoms with Crippen molar-refractivity contribution in [1.29, 1.82) is 0 Å². The van der Waals surface area contributed by atoms with Gasteiger partial charge in [0.1, 0.15) is 0 Å². The molecule has 1 heteroatoms. The fourth-order valence-corrected chi connectivity index (χ4v) is 1.86. The lowest BCUT2D eigenvalue weighted by atomic mass is 9.89. The van der Waals surface area contributed by atoms with Crippen LogP contribution >= 0.6 is 0 Å². The van der Waals surface area contributed by atoms with Gasteiger partial charge < -0.3 is 0 Å². The molecule has 0 unspecified atom stereocenters. The summed E-state index contributed by atoms with van der Waals surface area (Å²) in [6.45, 7) is 0.